The monoisotopic (exact) mass is 625 g/mol. The number of H-pyrrole nitrogens is 1. The third-order valence-corrected chi connectivity index (χ3v) is 11.3. The number of pyridine rings is 2. The van der Waals surface area contributed by atoms with Gasteiger partial charge >= 0.3 is 0 Å². The van der Waals surface area contributed by atoms with Crippen LogP contribution >= 0.6 is 23.5 Å². The van der Waals surface area contributed by atoms with E-state index in [1.807, 2.05) is 6.20 Å². The number of aromatic amines is 1. The number of nitrogens with zero attached hydrogens (tertiary/aromatic N) is 3. The molecule has 1 atom stereocenters. The molecule has 4 aromatic rings. The van der Waals surface area contributed by atoms with Crippen molar-refractivity contribution in [2.24, 2.45) is 0 Å². The number of likely N-dealkylation sites (tertiary alicyclic amines) is 1. The number of fused-ring (bicyclic) bond motifs is 2. The van der Waals surface area contributed by atoms with Gasteiger partial charge in [0.15, 0.2) is 0 Å². The lowest BCUT2D eigenvalue weighted by atomic mass is 10.0. The number of aryl methyl sites for hydroxylation is 1. The van der Waals surface area contributed by atoms with Crippen LogP contribution in [0.5, 0.6) is 0 Å². The second kappa shape index (κ2) is 13.4. The third-order valence-electron chi connectivity index (χ3n) is 8.70. The lowest BCUT2D eigenvalue weighted by Gasteiger charge is -2.34. The molecule has 228 valence electrons. The Labute approximate surface area is 267 Å². The first-order valence-corrected chi connectivity index (χ1v) is 17.3. The number of aromatic nitrogens is 2. The smallest absolute Gasteiger partial charge is 0.250 e. The molecular weight excluding hydrogens is 587 g/mol. The van der Waals surface area contributed by atoms with Crippen molar-refractivity contribution in [1.82, 2.24) is 14.9 Å². The third kappa shape index (κ3) is 6.56. The van der Waals surface area contributed by atoms with Gasteiger partial charge in [-0.25, -0.2) is 0 Å². The lowest BCUT2D eigenvalue weighted by Crippen LogP contribution is -2.36. The summed E-state index contributed by atoms with van der Waals surface area (Å²) in [5.74, 6) is 0. The van der Waals surface area contributed by atoms with Crippen LogP contribution in [-0.2, 0) is 4.74 Å². The van der Waals surface area contributed by atoms with Crippen LogP contribution in [0.15, 0.2) is 91.2 Å². The molecule has 7 rings (SSSR count). The molecular formula is C35H39N5O2S2. The van der Waals surface area contributed by atoms with Gasteiger partial charge in [-0.1, -0.05) is 48.1 Å². The second-order valence-corrected chi connectivity index (χ2v) is 13.9. The number of hydrogen-bond acceptors (Lipinski definition) is 8. The summed E-state index contributed by atoms with van der Waals surface area (Å²) in [5, 5.41) is 3.72. The van der Waals surface area contributed by atoms with Gasteiger partial charge in [-0.05, 0) is 81.2 Å². The van der Waals surface area contributed by atoms with E-state index in [0.717, 1.165) is 61.8 Å². The number of ether oxygens (including phenoxy) is 1. The van der Waals surface area contributed by atoms with Crippen LogP contribution in [0, 0.1) is 6.92 Å². The topological polar surface area (TPSA) is 73.5 Å². The molecule has 0 amide bonds. The van der Waals surface area contributed by atoms with Crippen molar-refractivity contribution >= 4 is 34.9 Å². The van der Waals surface area contributed by atoms with Crippen molar-refractivity contribution in [3.63, 3.8) is 0 Å². The largest absolute Gasteiger partial charge is 0.385 e. The normalized spacial score (nSPS) is 17.5. The van der Waals surface area contributed by atoms with Gasteiger partial charge in [0, 0.05) is 68.4 Å². The summed E-state index contributed by atoms with van der Waals surface area (Å²) in [4.78, 5) is 30.4. The number of nitrogens with one attached hydrogen (secondary N) is 2. The maximum atomic E-state index is 12.7. The van der Waals surface area contributed by atoms with Crippen molar-refractivity contribution in [1.29, 1.82) is 0 Å². The van der Waals surface area contributed by atoms with E-state index in [4.69, 9.17) is 9.72 Å². The second-order valence-electron chi connectivity index (χ2n) is 11.8. The first-order chi connectivity index (χ1) is 21.6. The molecule has 3 aliphatic heterocycles. The Balaban J connectivity index is 1.06. The van der Waals surface area contributed by atoms with E-state index in [0.29, 0.717) is 19.3 Å². The first kappa shape index (κ1) is 29.5. The van der Waals surface area contributed by atoms with E-state index in [1.54, 1.807) is 29.6 Å². The van der Waals surface area contributed by atoms with Gasteiger partial charge in [-0.3, -0.25) is 14.7 Å². The number of piperidine rings is 1. The quantitative estimate of drug-likeness (QED) is 0.187. The summed E-state index contributed by atoms with van der Waals surface area (Å²) in [5.41, 5.74) is 6.33. The first-order valence-electron chi connectivity index (χ1n) is 15.7. The highest BCUT2D eigenvalue weighted by Crippen LogP contribution is 2.52. The van der Waals surface area contributed by atoms with Crippen LogP contribution in [0.25, 0.3) is 11.3 Å². The van der Waals surface area contributed by atoms with Crippen LogP contribution in [0.4, 0.5) is 11.4 Å². The molecule has 2 N–H and O–H groups in total. The average Bonchev–Trinajstić information content (AvgIpc) is 3.06. The molecule has 5 heterocycles. The van der Waals surface area contributed by atoms with Crippen molar-refractivity contribution in [2.45, 2.75) is 58.2 Å². The van der Waals surface area contributed by atoms with E-state index >= 15 is 0 Å². The molecule has 3 aliphatic rings. The molecule has 44 heavy (non-hydrogen) atoms. The predicted molar refractivity (Wildman–Crippen MR) is 180 cm³/mol. The Morgan fingerprint density at radius 2 is 1.80 bits per heavy atom. The summed E-state index contributed by atoms with van der Waals surface area (Å²) < 4.78 is 5.52. The zero-order chi connectivity index (χ0) is 29.9. The molecule has 2 aromatic heterocycles. The van der Waals surface area contributed by atoms with Gasteiger partial charge in [0.25, 0.3) is 0 Å². The zero-order valence-corrected chi connectivity index (χ0v) is 26.8. The van der Waals surface area contributed by atoms with Crippen molar-refractivity contribution in [3.05, 3.63) is 88.5 Å². The fraction of sp³-hybridized carbons (Fsp3) is 0.371. The Morgan fingerprint density at radius 3 is 2.61 bits per heavy atom. The SMILES string of the molecule is Cc1ccc(C(CCNc2ccc3c(c2)Sc2cccc(-c4cc(N5CCOCC5)cc(=O)[nH]4)c2S3)N2CCCCC2)nc1. The zero-order valence-electron chi connectivity index (χ0n) is 25.2. The maximum Gasteiger partial charge on any atom is 0.250 e. The van der Waals surface area contributed by atoms with Crippen LogP contribution in [-0.4, -0.2) is 60.8 Å². The fourth-order valence-electron chi connectivity index (χ4n) is 6.38. The number of morpholine rings is 1. The van der Waals surface area contributed by atoms with Gasteiger partial charge in [-0.2, -0.15) is 0 Å². The van der Waals surface area contributed by atoms with E-state index < -0.39 is 0 Å². The number of hydrogen-bond donors (Lipinski definition) is 2. The summed E-state index contributed by atoms with van der Waals surface area (Å²) >= 11 is 3.59. The highest BCUT2D eigenvalue weighted by atomic mass is 32.2. The molecule has 2 fully saturated rings. The van der Waals surface area contributed by atoms with E-state index in [2.05, 4.69) is 81.6 Å². The van der Waals surface area contributed by atoms with E-state index in [9.17, 15) is 4.79 Å². The summed E-state index contributed by atoms with van der Waals surface area (Å²) in [6.07, 6.45) is 6.89. The molecule has 9 heteroatoms. The Kier molecular flexibility index (Phi) is 8.98. The van der Waals surface area contributed by atoms with Crippen molar-refractivity contribution in [3.8, 4) is 11.3 Å². The number of benzene rings is 2. The summed E-state index contributed by atoms with van der Waals surface area (Å²) in [7, 11) is 0. The molecule has 0 aliphatic carbocycles. The Morgan fingerprint density at radius 1 is 0.932 bits per heavy atom. The number of anilines is 2. The summed E-state index contributed by atoms with van der Waals surface area (Å²) in [6, 6.07) is 21.6. The Hall–Kier alpha value is -3.24. The Bertz CT molecular complexity index is 1660. The standard InChI is InChI=1S/C35H39N5O2S2/c1-24-8-10-28(37-23-24)30(40-14-3-2-4-15-40)12-13-36-25-9-11-31-33(20-25)43-32-7-5-6-27(35(32)44-31)29-21-26(22-34(41)38-29)39-16-18-42-19-17-39/h5-11,20-23,30,36H,2-4,12-19H2,1H3,(H,38,41). The predicted octanol–water partition coefficient (Wildman–Crippen LogP) is 7.23. The minimum atomic E-state index is -0.0770. The van der Waals surface area contributed by atoms with Crippen LogP contribution in [0.1, 0.15) is 43.0 Å². The fourth-order valence-corrected chi connectivity index (χ4v) is 8.79. The number of rotatable bonds is 8. The van der Waals surface area contributed by atoms with E-state index in [-0.39, 0.29) is 5.56 Å². The molecule has 0 radical (unpaired) electrons. The molecule has 1 unspecified atom stereocenters. The van der Waals surface area contributed by atoms with Crippen molar-refractivity contribution in [2.75, 3.05) is 56.2 Å². The molecule has 7 nitrogen and oxygen atoms in total. The molecule has 2 saturated heterocycles. The summed E-state index contributed by atoms with van der Waals surface area (Å²) in [6.45, 7) is 8.26. The highest BCUT2D eigenvalue weighted by molar-refractivity contribution is 8.05. The van der Waals surface area contributed by atoms with Gasteiger partial charge in [0.1, 0.15) is 0 Å². The van der Waals surface area contributed by atoms with Gasteiger partial charge in [0.2, 0.25) is 5.56 Å². The van der Waals surface area contributed by atoms with Crippen LogP contribution in [0.3, 0.4) is 0 Å². The molecule has 2 aromatic carbocycles. The molecule has 0 bridgehead atoms. The minimum absolute atomic E-state index is 0.0770. The maximum absolute atomic E-state index is 12.7. The average molecular weight is 626 g/mol. The van der Waals surface area contributed by atoms with Crippen LogP contribution < -0.4 is 15.8 Å². The van der Waals surface area contributed by atoms with Gasteiger partial charge in [-0.15, -0.1) is 0 Å². The molecule has 0 saturated carbocycles. The van der Waals surface area contributed by atoms with Crippen molar-refractivity contribution < 1.29 is 4.74 Å². The van der Waals surface area contributed by atoms with Gasteiger partial charge < -0.3 is 19.9 Å². The van der Waals surface area contributed by atoms with Gasteiger partial charge in [0.05, 0.1) is 30.6 Å². The minimum Gasteiger partial charge on any atom is -0.385 e. The van der Waals surface area contributed by atoms with E-state index in [1.165, 1.54) is 50.1 Å². The lowest BCUT2D eigenvalue weighted by molar-refractivity contribution is 0.122. The van der Waals surface area contributed by atoms with Crippen LogP contribution in [0.2, 0.25) is 0 Å². The highest BCUT2D eigenvalue weighted by Gasteiger charge is 2.24. The molecule has 0 spiro atoms.